The molecule has 0 aliphatic carbocycles. The molecule has 2 aromatic carbocycles. The number of carbonyl (C=O) groups excluding carboxylic acids is 1. The van der Waals surface area contributed by atoms with Gasteiger partial charge < -0.3 is 15.5 Å². The van der Waals surface area contributed by atoms with Crippen LogP contribution in [0.15, 0.2) is 48.5 Å². The molecule has 1 heterocycles. The van der Waals surface area contributed by atoms with Gasteiger partial charge in [0, 0.05) is 50.0 Å². The zero-order valence-electron chi connectivity index (χ0n) is 19.0. The van der Waals surface area contributed by atoms with Crippen molar-refractivity contribution in [1.82, 2.24) is 15.1 Å². The lowest BCUT2D eigenvalue weighted by molar-refractivity contribution is 0.126. The van der Waals surface area contributed by atoms with Crippen molar-refractivity contribution in [1.29, 1.82) is 0 Å². The van der Waals surface area contributed by atoms with E-state index in [2.05, 4.69) is 65.5 Å². The lowest BCUT2D eigenvalue weighted by Gasteiger charge is -2.34. The van der Waals surface area contributed by atoms with Crippen molar-refractivity contribution in [3.63, 3.8) is 0 Å². The Balaban J connectivity index is 1.29. The van der Waals surface area contributed by atoms with Gasteiger partial charge in [0.1, 0.15) is 0 Å². The lowest BCUT2D eigenvalue weighted by Crippen LogP contribution is -2.46. The first kappa shape index (κ1) is 23.6. The van der Waals surface area contributed by atoms with E-state index in [0.29, 0.717) is 6.54 Å². The van der Waals surface area contributed by atoms with Crippen molar-refractivity contribution in [3.8, 4) is 0 Å². The third-order valence-electron chi connectivity index (χ3n) is 5.73. The predicted molar refractivity (Wildman–Crippen MR) is 130 cm³/mol. The minimum atomic E-state index is -0.142. The molecule has 6 heteroatoms. The molecule has 2 amide bonds. The zero-order valence-corrected chi connectivity index (χ0v) is 19.7. The summed E-state index contributed by atoms with van der Waals surface area (Å²) in [6.07, 6.45) is 0.952. The fourth-order valence-electron chi connectivity index (χ4n) is 3.75. The van der Waals surface area contributed by atoms with Gasteiger partial charge in [-0.1, -0.05) is 56.6 Å². The molecule has 3 rings (SSSR count). The van der Waals surface area contributed by atoms with E-state index in [0.717, 1.165) is 56.4 Å². The fraction of sp³-hybridized carbons (Fsp3) is 0.480. The van der Waals surface area contributed by atoms with E-state index in [4.69, 9.17) is 11.6 Å². The van der Waals surface area contributed by atoms with Crippen LogP contribution in [0.5, 0.6) is 0 Å². The summed E-state index contributed by atoms with van der Waals surface area (Å²) < 4.78 is 0. The maximum atomic E-state index is 12.1. The second kappa shape index (κ2) is 11.0. The Morgan fingerprint density at radius 3 is 2.16 bits per heavy atom. The van der Waals surface area contributed by atoms with Crippen LogP contribution in [0.4, 0.5) is 10.5 Å². The molecule has 168 valence electrons. The van der Waals surface area contributed by atoms with Crippen LogP contribution < -0.4 is 10.6 Å². The number of amides is 2. The zero-order chi connectivity index (χ0) is 22.3. The van der Waals surface area contributed by atoms with Crippen molar-refractivity contribution in [2.45, 2.75) is 39.2 Å². The molecule has 1 aliphatic rings. The molecule has 1 fully saturated rings. The number of nitrogens with one attached hydrogen (secondary N) is 2. The molecular formula is C25H35ClN4O. The second-order valence-corrected chi connectivity index (χ2v) is 9.74. The Morgan fingerprint density at radius 1 is 0.935 bits per heavy atom. The van der Waals surface area contributed by atoms with Crippen LogP contribution in [0.25, 0.3) is 0 Å². The Kier molecular flexibility index (Phi) is 8.35. The maximum Gasteiger partial charge on any atom is 0.319 e. The molecule has 0 saturated carbocycles. The van der Waals surface area contributed by atoms with Gasteiger partial charge >= 0.3 is 6.03 Å². The second-order valence-electron chi connectivity index (χ2n) is 9.31. The standard InChI is InChI=1S/C25H35ClN4O/c1-25(2,3)21-7-11-23(12-8-21)28-24(31)27-13-4-14-29-15-17-30(18-16-29)19-20-5-9-22(26)10-6-20/h5-12H,4,13-19H2,1-3H3,(H2,27,28,31). The summed E-state index contributed by atoms with van der Waals surface area (Å²) in [5, 5.41) is 6.66. The van der Waals surface area contributed by atoms with Crippen molar-refractivity contribution < 1.29 is 4.79 Å². The van der Waals surface area contributed by atoms with Gasteiger partial charge in [0.25, 0.3) is 0 Å². The summed E-state index contributed by atoms with van der Waals surface area (Å²) in [5.74, 6) is 0. The van der Waals surface area contributed by atoms with Crippen LogP contribution in [0.1, 0.15) is 38.3 Å². The van der Waals surface area contributed by atoms with Crippen molar-refractivity contribution in [3.05, 3.63) is 64.7 Å². The molecular weight excluding hydrogens is 408 g/mol. The number of halogens is 1. The maximum absolute atomic E-state index is 12.1. The summed E-state index contributed by atoms with van der Waals surface area (Å²) in [4.78, 5) is 17.1. The number of anilines is 1. The highest BCUT2D eigenvalue weighted by Crippen LogP contribution is 2.23. The number of carbonyl (C=O) groups is 1. The summed E-state index contributed by atoms with van der Waals surface area (Å²) in [5.41, 5.74) is 3.50. The summed E-state index contributed by atoms with van der Waals surface area (Å²) in [6, 6.07) is 16.0. The first-order chi connectivity index (χ1) is 14.8. The van der Waals surface area contributed by atoms with Crippen LogP contribution in [-0.4, -0.2) is 55.1 Å². The van der Waals surface area contributed by atoms with Crippen LogP contribution in [-0.2, 0) is 12.0 Å². The first-order valence-corrected chi connectivity index (χ1v) is 11.5. The summed E-state index contributed by atoms with van der Waals surface area (Å²) in [7, 11) is 0. The van der Waals surface area contributed by atoms with Gasteiger partial charge in [-0.25, -0.2) is 4.79 Å². The number of rotatable bonds is 7. The monoisotopic (exact) mass is 442 g/mol. The molecule has 2 N–H and O–H groups in total. The van der Waals surface area contributed by atoms with Gasteiger partial charge in [-0.05, 0) is 53.8 Å². The van der Waals surface area contributed by atoms with Gasteiger partial charge in [-0.2, -0.15) is 0 Å². The average Bonchev–Trinajstić information content (AvgIpc) is 2.74. The van der Waals surface area contributed by atoms with E-state index < -0.39 is 0 Å². The Labute approximate surface area is 191 Å². The molecule has 31 heavy (non-hydrogen) atoms. The van der Waals surface area contributed by atoms with E-state index in [1.165, 1.54) is 11.1 Å². The van der Waals surface area contributed by atoms with Crippen molar-refractivity contribution in [2.75, 3.05) is 44.6 Å². The third kappa shape index (κ3) is 7.84. The molecule has 0 radical (unpaired) electrons. The number of nitrogens with zero attached hydrogens (tertiary/aromatic N) is 2. The average molecular weight is 443 g/mol. The van der Waals surface area contributed by atoms with Crippen LogP contribution in [0.2, 0.25) is 5.02 Å². The van der Waals surface area contributed by atoms with E-state index in [9.17, 15) is 4.79 Å². The third-order valence-corrected chi connectivity index (χ3v) is 5.98. The fourth-order valence-corrected chi connectivity index (χ4v) is 3.88. The molecule has 0 aromatic heterocycles. The molecule has 2 aromatic rings. The summed E-state index contributed by atoms with van der Waals surface area (Å²) >= 11 is 5.96. The topological polar surface area (TPSA) is 47.6 Å². The normalized spacial score (nSPS) is 15.6. The molecule has 0 unspecified atom stereocenters. The van der Waals surface area contributed by atoms with Gasteiger partial charge in [-0.15, -0.1) is 0 Å². The molecule has 0 atom stereocenters. The summed E-state index contributed by atoms with van der Waals surface area (Å²) in [6.45, 7) is 13.5. The highest BCUT2D eigenvalue weighted by molar-refractivity contribution is 6.30. The minimum Gasteiger partial charge on any atom is -0.338 e. The number of urea groups is 1. The van der Waals surface area contributed by atoms with Crippen LogP contribution >= 0.6 is 11.6 Å². The molecule has 1 saturated heterocycles. The SMILES string of the molecule is CC(C)(C)c1ccc(NC(=O)NCCCN2CCN(Cc3ccc(Cl)cc3)CC2)cc1. The number of hydrogen-bond donors (Lipinski definition) is 2. The number of piperazine rings is 1. The van der Waals surface area contributed by atoms with Crippen molar-refractivity contribution in [2.24, 2.45) is 0 Å². The van der Waals surface area contributed by atoms with Crippen LogP contribution in [0, 0.1) is 0 Å². The van der Waals surface area contributed by atoms with E-state index in [1.807, 2.05) is 24.3 Å². The molecule has 0 bridgehead atoms. The number of hydrogen-bond acceptors (Lipinski definition) is 3. The highest BCUT2D eigenvalue weighted by Gasteiger charge is 2.17. The molecule has 1 aliphatic heterocycles. The minimum absolute atomic E-state index is 0.113. The van der Waals surface area contributed by atoms with Gasteiger partial charge in [0.2, 0.25) is 0 Å². The largest absolute Gasteiger partial charge is 0.338 e. The van der Waals surface area contributed by atoms with Crippen molar-refractivity contribution >= 4 is 23.3 Å². The van der Waals surface area contributed by atoms with E-state index in [-0.39, 0.29) is 11.4 Å². The van der Waals surface area contributed by atoms with Gasteiger partial charge in [-0.3, -0.25) is 4.90 Å². The molecule has 5 nitrogen and oxygen atoms in total. The van der Waals surface area contributed by atoms with Gasteiger partial charge in [0.15, 0.2) is 0 Å². The smallest absolute Gasteiger partial charge is 0.319 e. The lowest BCUT2D eigenvalue weighted by atomic mass is 9.87. The van der Waals surface area contributed by atoms with Crippen LogP contribution in [0.3, 0.4) is 0 Å². The molecule has 0 spiro atoms. The first-order valence-electron chi connectivity index (χ1n) is 11.1. The predicted octanol–water partition coefficient (Wildman–Crippen LogP) is 4.97. The van der Waals surface area contributed by atoms with E-state index in [1.54, 1.807) is 0 Å². The Hall–Kier alpha value is -2.08. The van der Waals surface area contributed by atoms with E-state index >= 15 is 0 Å². The van der Waals surface area contributed by atoms with Gasteiger partial charge in [0.05, 0.1) is 0 Å². The number of benzene rings is 2. The Bertz CT molecular complexity index is 822. The Morgan fingerprint density at radius 2 is 1.55 bits per heavy atom. The highest BCUT2D eigenvalue weighted by atomic mass is 35.5. The quantitative estimate of drug-likeness (QED) is 0.595.